The molecule has 11 rings (SSSR count). The first-order chi connectivity index (χ1) is 23.3. The molecule has 5 aromatic rings. The quantitative estimate of drug-likeness (QED) is 0.170. The zero-order valence-corrected chi connectivity index (χ0v) is 26.8. The van der Waals surface area contributed by atoms with E-state index in [0.29, 0.717) is 5.15 Å². The molecule has 0 radical (unpaired) electrons. The first-order valence-corrected chi connectivity index (χ1v) is 17.0. The number of aromatic nitrogens is 5. The average Bonchev–Trinajstić information content (AvgIpc) is 3.98. The summed E-state index contributed by atoms with van der Waals surface area (Å²) in [6.45, 7) is 1.50. The van der Waals surface area contributed by atoms with Crippen LogP contribution in [0.2, 0.25) is 5.15 Å². The number of H-pyrrole nitrogens is 2. The maximum Gasteiger partial charge on any atom is 0.253 e. The van der Waals surface area contributed by atoms with Crippen LogP contribution in [0.5, 0.6) is 0 Å². The van der Waals surface area contributed by atoms with Crippen molar-refractivity contribution in [2.45, 2.75) is 62.2 Å². The van der Waals surface area contributed by atoms with Crippen LogP contribution in [-0.4, -0.2) is 49.8 Å². The lowest BCUT2D eigenvalue weighted by molar-refractivity contribution is 0.0928. The van der Waals surface area contributed by atoms with Gasteiger partial charge in [0, 0.05) is 70.6 Å². The maximum absolute atomic E-state index is 13.1. The van der Waals surface area contributed by atoms with E-state index < -0.39 is 5.95 Å². The summed E-state index contributed by atoms with van der Waals surface area (Å²) in [5.41, 5.74) is 14.8. The highest BCUT2D eigenvalue weighted by atomic mass is 35.5. The standard InChI is InChI=1S/C21H17FN4O.C16H14ClN3O/c22-16-4-2-12(9-24-16)15-7-14-11(8-23-15)1-3-13-17-19(26-18(13)14)21(5-6-21)10-25-20(17)27;17-11-5-10-8(6-18-11)1-2-9-12-14(20-13(9)10)16(3-4-16)7-19-15(12)21/h2,4,7-9,26H,1,3,5-6,10H2,(H,25,27);5-6,20H,1-4,7H2,(H,19,21). The summed E-state index contributed by atoms with van der Waals surface area (Å²) >= 11 is 6.06. The Balaban J connectivity index is 0.000000127. The summed E-state index contributed by atoms with van der Waals surface area (Å²) in [5, 5.41) is 6.64. The van der Waals surface area contributed by atoms with E-state index in [2.05, 4.69) is 35.6 Å². The van der Waals surface area contributed by atoms with E-state index in [1.54, 1.807) is 6.07 Å². The Bertz CT molecular complexity index is 2230. The van der Waals surface area contributed by atoms with Crippen molar-refractivity contribution < 1.29 is 14.0 Å². The molecule has 7 heterocycles. The Hall–Kier alpha value is -4.83. The van der Waals surface area contributed by atoms with Gasteiger partial charge in [0.25, 0.3) is 11.8 Å². The zero-order valence-electron chi connectivity index (χ0n) is 26.0. The number of carbonyl (C=O) groups is 2. The number of aromatic amines is 2. The second kappa shape index (κ2) is 9.85. The molecular formula is C37H31ClFN7O2. The van der Waals surface area contributed by atoms with Crippen molar-refractivity contribution in [1.29, 1.82) is 0 Å². The normalized spacial score (nSPS) is 19.4. The largest absolute Gasteiger partial charge is 0.357 e. The smallest absolute Gasteiger partial charge is 0.253 e. The Kier molecular flexibility index (Phi) is 5.79. The Morgan fingerprint density at radius 3 is 1.79 bits per heavy atom. The number of carbonyl (C=O) groups excluding carboxylic acids is 2. The molecule has 0 saturated heterocycles. The molecule has 4 aliphatic carbocycles. The number of hydrogen-bond donors (Lipinski definition) is 4. The number of halogens is 2. The third-order valence-electron chi connectivity index (χ3n) is 11.4. The molecule has 2 aliphatic heterocycles. The summed E-state index contributed by atoms with van der Waals surface area (Å²) in [6, 6.07) is 6.97. The molecule has 0 aromatic carbocycles. The fraction of sp³-hybridized carbons (Fsp3) is 0.324. The van der Waals surface area contributed by atoms with Crippen LogP contribution < -0.4 is 10.6 Å². The molecule has 2 fully saturated rings. The SMILES string of the molecule is O=C1NCC2(CC2)c2[nH]c3c(c21)CCc1cnc(-c2ccc(F)nc2)cc1-3.O=C1NCC2(CC2)c2[nH]c3c(c21)CCc1cnc(Cl)cc1-3. The maximum atomic E-state index is 13.1. The van der Waals surface area contributed by atoms with Gasteiger partial charge >= 0.3 is 0 Å². The third kappa shape index (κ3) is 4.11. The van der Waals surface area contributed by atoms with Gasteiger partial charge < -0.3 is 20.6 Å². The molecule has 4 N–H and O–H groups in total. The molecular weight excluding hydrogens is 629 g/mol. The number of hydrogen-bond acceptors (Lipinski definition) is 5. The average molecular weight is 660 g/mol. The lowest BCUT2D eigenvalue weighted by atomic mass is 9.86. The minimum atomic E-state index is -0.503. The zero-order chi connectivity index (χ0) is 32.4. The van der Waals surface area contributed by atoms with E-state index in [9.17, 15) is 14.0 Å². The number of amides is 2. The molecule has 2 amide bonds. The lowest BCUT2D eigenvalue weighted by Gasteiger charge is -2.23. The van der Waals surface area contributed by atoms with Gasteiger partial charge in [-0.25, -0.2) is 9.97 Å². The van der Waals surface area contributed by atoms with E-state index in [1.165, 1.54) is 23.4 Å². The van der Waals surface area contributed by atoms with Crippen molar-refractivity contribution in [3.8, 4) is 33.8 Å². The van der Waals surface area contributed by atoms with Gasteiger partial charge in [0.05, 0.1) is 28.2 Å². The molecule has 0 unspecified atom stereocenters. The molecule has 0 bridgehead atoms. The molecule has 240 valence electrons. The van der Waals surface area contributed by atoms with Crippen molar-refractivity contribution in [2.24, 2.45) is 0 Å². The van der Waals surface area contributed by atoms with Crippen LogP contribution in [0.1, 0.15) is 80.0 Å². The van der Waals surface area contributed by atoms with E-state index >= 15 is 0 Å². The van der Waals surface area contributed by atoms with Gasteiger partial charge in [-0.05, 0) is 97.9 Å². The van der Waals surface area contributed by atoms with Gasteiger partial charge in [-0.15, -0.1) is 0 Å². The first-order valence-electron chi connectivity index (χ1n) is 16.7. The molecule has 5 aromatic heterocycles. The minimum Gasteiger partial charge on any atom is -0.357 e. The van der Waals surface area contributed by atoms with Crippen LogP contribution in [0, 0.1) is 5.95 Å². The van der Waals surface area contributed by atoms with Gasteiger partial charge in [-0.1, -0.05) is 11.6 Å². The van der Waals surface area contributed by atoms with E-state index in [-0.39, 0.29) is 22.6 Å². The Labute approximate surface area is 280 Å². The molecule has 2 spiro atoms. The molecule has 0 atom stereocenters. The summed E-state index contributed by atoms with van der Waals surface area (Å²) in [4.78, 5) is 44.6. The van der Waals surface area contributed by atoms with Crippen LogP contribution in [0.3, 0.4) is 0 Å². The number of aryl methyl sites for hydroxylation is 2. The molecule has 9 nitrogen and oxygen atoms in total. The van der Waals surface area contributed by atoms with Crippen LogP contribution in [0.25, 0.3) is 33.8 Å². The van der Waals surface area contributed by atoms with Crippen molar-refractivity contribution in [1.82, 2.24) is 35.6 Å². The second-order valence-electron chi connectivity index (χ2n) is 14.1. The fourth-order valence-corrected chi connectivity index (χ4v) is 8.51. The summed E-state index contributed by atoms with van der Waals surface area (Å²) in [5.74, 6) is -0.388. The first kappa shape index (κ1) is 28.2. The monoisotopic (exact) mass is 659 g/mol. The summed E-state index contributed by atoms with van der Waals surface area (Å²) in [6.07, 6.45) is 13.3. The highest BCUT2D eigenvalue weighted by molar-refractivity contribution is 6.29. The van der Waals surface area contributed by atoms with E-state index in [4.69, 9.17) is 11.6 Å². The summed E-state index contributed by atoms with van der Waals surface area (Å²) < 4.78 is 13.1. The lowest BCUT2D eigenvalue weighted by Crippen LogP contribution is -2.39. The van der Waals surface area contributed by atoms with Crippen molar-refractivity contribution >= 4 is 23.4 Å². The van der Waals surface area contributed by atoms with Gasteiger partial charge in [0.1, 0.15) is 5.15 Å². The van der Waals surface area contributed by atoms with Crippen LogP contribution in [0.4, 0.5) is 4.39 Å². The Morgan fingerprint density at radius 1 is 0.688 bits per heavy atom. The minimum absolute atomic E-state index is 0.0421. The van der Waals surface area contributed by atoms with Gasteiger partial charge in [0.2, 0.25) is 5.95 Å². The second-order valence-corrected chi connectivity index (χ2v) is 14.5. The highest BCUT2D eigenvalue weighted by Crippen LogP contribution is 2.54. The topological polar surface area (TPSA) is 128 Å². The molecule has 11 heteroatoms. The highest BCUT2D eigenvalue weighted by Gasteiger charge is 2.53. The number of nitrogens with one attached hydrogen (secondary N) is 4. The third-order valence-corrected chi connectivity index (χ3v) is 11.6. The van der Waals surface area contributed by atoms with Crippen molar-refractivity contribution in [2.75, 3.05) is 13.1 Å². The number of rotatable bonds is 1. The number of fused-ring (bicyclic) bond motifs is 12. The molecule has 2 saturated carbocycles. The number of nitrogens with zero attached hydrogens (tertiary/aromatic N) is 3. The number of pyridine rings is 3. The van der Waals surface area contributed by atoms with Crippen molar-refractivity contribution in [3.05, 3.63) is 98.7 Å². The van der Waals surface area contributed by atoms with Crippen LogP contribution in [-0.2, 0) is 36.5 Å². The Morgan fingerprint density at radius 2 is 1.25 bits per heavy atom. The van der Waals surface area contributed by atoms with Crippen LogP contribution in [0.15, 0.2) is 42.9 Å². The predicted molar refractivity (Wildman–Crippen MR) is 178 cm³/mol. The molecule has 48 heavy (non-hydrogen) atoms. The van der Waals surface area contributed by atoms with E-state index in [1.807, 2.05) is 24.5 Å². The van der Waals surface area contributed by atoms with Crippen molar-refractivity contribution in [3.63, 3.8) is 0 Å². The fourth-order valence-electron chi connectivity index (χ4n) is 8.35. The van der Waals surface area contributed by atoms with Gasteiger partial charge in [-0.2, -0.15) is 4.39 Å². The van der Waals surface area contributed by atoms with Gasteiger partial charge in [-0.3, -0.25) is 14.6 Å². The predicted octanol–water partition coefficient (Wildman–Crippen LogP) is 5.76. The van der Waals surface area contributed by atoms with Crippen LogP contribution >= 0.6 is 11.6 Å². The van der Waals surface area contributed by atoms with Gasteiger partial charge in [0.15, 0.2) is 0 Å². The molecule has 6 aliphatic rings. The van der Waals surface area contributed by atoms with E-state index in [0.717, 1.165) is 132 Å². The summed E-state index contributed by atoms with van der Waals surface area (Å²) in [7, 11) is 0.